The second-order valence-electron chi connectivity index (χ2n) is 3.69. The third-order valence-electron chi connectivity index (χ3n) is 2.39. The summed E-state index contributed by atoms with van der Waals surface area (Å²) in [7, 11) is 0. The van der Waals surface area contributed by atoms with Gasteiger partial charge in [0.15, 0.2) is 0 Å². The zero-order valence-electron chi connectivity index (χ0n) is 10.2. The van der Waals surface area contributed by atoms with Crippen LogP contribution in [-0.4, -0.2) is 27.6 Å². The first-order valence-corrected chi connectivity index (χ1v) is 6.94. The molecule has 2 aromatic rings. The van der Waals surface area contributed by atoms with Crippen molar-refractivity contribution in [1.82, 2.24) is 14.8 Å². The van der Waals surface area contributed by atoms with E-state index in [-0.39, 0.29) is 0 Å². The number of hydrogen-bond donors (Lipinski definition) is 1. The Morgan fingerprint density at radius 2 is 2.11 bits per heavy atom. The van der Waals surface area contributed by atoms with Crippen LogP contribution < -0.4 is 10.5 Å². The maximum absolute atomic E-state index is 5.75. The van der Waals surface area contributed by atoms with Crippen LogP contribution >= 0.6 is 11.8 Å². The minimum absolute atomic E-state index is 0.457. The molecule has 5 nitrogen and oxygen atoms in total. The monoisotopic (exact) mass is 264 g/mol. The Morgan fingerprint density at radius 3 is 2.78 bits per heavy atom. The maximum Gasteiger partial charge on any atom is 0.219 e. The van der Waals surface area contributed by atoms with E-state index in [1.807, 2.05) is 36.6 Å². The van der Waals surface area contributed by atoms with Gasteiger partial charge in [0.1, 0.15) is 5.75 Å². The summed E-state index contributed by atoms with van der Waals surface area (Å²) in [4.78, 5) is 4.12. The van der Waals surface area contributed by atoms with E-state index in [0.29, 0.717) is 24.3 Å². The van der Waals surface area contributed by atoms with Gasteiger partial charge in [0.05, 0.1) is 6.61 Å². The van der Waals surface area contributed by atoms with E-state index in [2.05, 4.69) is 10.1 Å². The third-order valence-corrected chi connectivity index (χ3v) is 2.93. The van der Waals surface area contributed by atoms with E-state index >= 15 is 0 Å². The molecule has 0 atom stereocenters. The Hall–Kier alpha value is -1.69. The largest absolute Gasteiger partial charge is 0.494 e. The van der Waals surface area contributed by atoms with Crippen molar-refractivity contribution in [1.29, 1.82) is 0 Å². The van der Waals surface area contributed by atoms with Gasteiger partial charge < -0.3 is 10.5 Å². The smallest absolute Gasteiger partial charge is 0.219 e. The molecule has 96 valence electrons. The first-order valence-electron chi connectivity index (χ1n) is 5.72. The van der Waals surface area contributed by atoms with E-state index < -0.39 is 0 Å². The fourth-order valence-electron chi connectivity index (χ4n) is 1.50. The van der Waals surface area contributed by atoms with Gasteiger partial charge in [-0.2, -0.15) is 4.98 Å². The molecular formula is C12H16N4OS. The molecule has 0 saturated carbocycles. The number of hydrogen-bond acceptors (Lipinski definition) is 5. The zero-order valence-corrected chi connectivity index (χ0v) is 11.1. The number of nitrogens with zero attached hydrogens (tertiary/aromatic N) is 3. The molecule has 0 aliphatic rings. The van der Waals surface area contributed by atoms with Crippen molar-refractivity contribution >= 4 is 17.7 Å². The number of anilines is 1. The van der Waals surface area contributed by atoms with E-state index in [1.54, 1.807) is 4.68 Å². The van der Waals surface area contributed by atoms with E-state index in [1.165, 1.54) is 11.8 Å². The Labute approximate surface area is 110 Å². The van der Waals surface area contributed by atoms with Crippen molar-refractivity contribution < 1.29 is 4.74 Å². The average molecular weight is 264 g/mol. The summed E-state index contributed by atoms with van der Waals surface area (Å²) in [6.45, 7) is 1.35. The molecule has 0 bridgehead atoms. The lowest BCUT2D eigenvalue weighted by Gasteiger charge is -2.06. The molecule has 1 heterocycles. The first kappa shape index (κ1) is 12.8. The Bertz CT molecular complexity index is 486. The van der Waals surface area contributed by atoms with E-state index in [0.717, 1.165) is 12.2 Å². The molecule has 2 rings (SSSR count). The van der Waals surface area contributed by atoms with Gasteiger partial charge in [-0.15, -0.1) is 5.10 Å². The highest BCUT2D eigenvalue weighted by Crippen LogP contribution is 2.12. The minimum atomic E-state index is 0.457. The zero-order chi connectivity index (χ0) is 12.8. The summed E-state index contributed by atoms with van der Waals surface area (Å²) in [5.74, 6) is 1.34. The average Bonchev–Trinajstić information content (AvgIpc) is 2.77. The number of aryl methyl sites for hydroxylation is 1. The molecule has 0 saturated heterocycles. The van der Waals surface area contributed by atoms with E-state index in [9.17, 15) is 0 Å². The van der Waals surface area contributed by atoms with Gasteiger partial charge >= 0.3 is 0 Å². The standard InChI is InChI=1S/C12H16N4OS/c1-18-12-14-11(13)16(15-12)8-5-9-17-10-6-3-2-4-7-10/h2-4,6-7H,5,8-9H2,1H3,(H2,13,14,15). The third kappa shape index (κ3) is 3.40. The lowest BCUT2D eigenvalue weighted by Crippen LogP contribution is -2.08. The molecule has 1 aromatic heterocycles. The summed E-state index contributed by atoms with van der Waals surface area (Å²) in [6, 6.07) is 9.75. The van der Waals surface area contributed by atoms with Gasteiger partial charge in [0, 0.05) is 13.0 Å². The number of benzene rings is 1. The number of nitrogens with two attached hydrogens (primary N) is 1. The summed E-state index contributed by atoms with van der Waals surface area (Å²) in [5.41, 5.74) is 5.75. The van der Waals surface area contributed by atoms with Crippen molar-refractivity contribution in [2.24, 2.45) is 0 Å². The van der Waals surface area contributed by atoms with Crippen LogP contribution in [0.25, 0.3) is 0 Å². The van der Waals surface area contributed by atoms with Crippen molar-refractivity contribution in [3.05, 3.63) is 30.3 Å². The number of aromatic nitrogens is 3. The van der Waals surface area contributed by atoms with Crippen molar-refractivity contribution in [3.63, 3.8) is 0 Å². The number of rotatable bonds is 6. The summed E-state index contributed by atoms with van der Waals surface area (Å²) < 4.78 is 7.30. The molecule has 0 aliphatic heterocycles. The molecule has 0 aliphatic carbocycles. The maximum atomic E-state index is 5.75. The minimum Gasteiger partial charge on any atom is -0.494 e. The summed E-state index contributed by atoms with van der Waals surface area (Å²) >= 11 is 1.49. The van der Waals surface area contributed by atoms with Crippen LogP contribution in [0, 0.1) is 0 Å². The fourth-order valence-corrected chi connectivity index (χ4v) is 1.87. The van der Waals surface area contributed by atoms with Crippen molar-refractivity contribution in [3.8, 4) is 5.75 Å². The molecule has 0 spiro atoms. The van der Waals surface area contributed by atoms with Crippen LogP contribution in [0.15, 0.2) is 35.5 Å². The molecule has 1 aromatic carbocycles. The predicted octanol–water partition coefficient (Wildman–Crippen LogP) is 2.05. The quantitative estimate of drug-likeness (QED) is 0.639. The molecule has 2 N–H and O–H groups in total. The van der Waals surface area contributed by atoms with Crippen LogP contribution in [0.3, 0.4) is 0 Å². The molecule has 0 radical (unpaired) electrons. The van der Waals surface area contributed by atoms with E-state index in [4.69, 9.17) is 10.5 Å². The number of para-hydroxylation sites is 1. The van der Waals surface area contributed by atoms with Gasteiger partial charge in [0.25, 0.3) is 0 Å². The highest BCUT2D eigenvalue weighted by Gasteiger charge is 2.05. The Morgan fingerprint density at radius 1 is 1.33 bits per heavy atom. The lowest BCUT2D eigenvalue weighted by molar-refractivity contribution is 0.299. The van der Waals surface area contributed by atoms with Gasteiger partial charge in [0.2, 0.25) is 11.1 Å². The SMILES string of the molecule is CSc1nc(N)n(CCCOc2ccccc2)n1. The van der Waals surface area contributed by atoms with Crippen LogP contribution in [0.4, 0.5) is 5.95 Å². The fraction of sp³-hybridized carbons (Fsp3) is 0.333. The summed E-state index contributed by atoms with van der Waals surface area (Å²) in [5, 5.41) is 4.97. The van der Waals surface area contributed by atoms with Crippen molar-refractivity contribution in [2.75, 3.05) is 18.6 Å². The Balaban J connectivity index is 1.76. The normalized spacial score (nSPS) is 10.5. The molecule has 0 amide bonds. The number of nitrogen functional groups attached to an aromatic ring is 1. The van der Waals surface area contributed by atoms with Crippen LogP contribution in [0.1, 0.15) is 6.42 Å². The lowest BCUT2D eigenvalue weighted by atomic mass is 10.3. The van der Waals surface area contributed by atoms with Gasteiger partial charge in [-0.1, -0.05) is 30.0 Å². The topological polar surface area (TPSA) is 66.0 Å². The van der Waals surface area contributed by atoms with Crippen LogP contribution in [0.5, 0.6) is 5.75 Å². The van der Waals surface area contributed by atoms with Crippen LogP contribution in [0.2, 0.25) is 0 Å². The second-order valence-corrected chi connectivity index (χ2v) is 4.47. The Kier molecular flexibility index (Phi) is 4.46. The molecule has 0 unspecified atom stereocenters. The summed E-state index contributed by atoms with van der Waals surface area (Å²) in [6.07, 6.45) is 2.77. The van der Waals surface area contributed by atoms with Gasteiger partial charge in [-0.25, -0.2) is 4.68 Å². The van der Waals surface area contributed by atoms with Gasteiger partial charge in [-0.3, -0.25) is 0 Å². The molecule has 18 heavy (non-hydrogen) atoms. The highest BCUT2D eigenvalue weighted by atomic mass is 32.2. The highest BCUT2D eigenvalue weighted by molar-refractivity contribution is 7.98. The molecule has 0 fully saturated rings. The van der Waals surface area contributed by atoms with Gasteiger partial charge in [-0.05, 0) is 18.4 Å². The molecule has 6 heteroatoms. The first-order chi connectivity index (χ1) is 8.79. The number of thioether (sulfide) groups is 1. The molecular weight excluding hydrogens is 248 g/mol. The predicted molar refractivity (Wildman–Crippen MR) is 72.8 cm³/mol. The second kappa shape index (κ2) is 6.30. The van der Waals surface area contributed by atoms with Crippen LogP contribution in [-0.2, 0) is 6.54 Å². The van der Waals surface area contributed by atoms with Crippen molar-refractivity contribution in [2.45, 2.75) is 18.1 Å². The number of ether oxygens (including phenoxy) is 1.